The van der Waals surface area contributed by atoms with Gasteiger partial charge in [0.05, 0.1) is 0 Å². The van der Waals surface area contributed by atoms with Crippen LogP contribution in [0.15, 0.2) is 6.07 Å². The topological polar surface area (TPSA) is 50.2 Å². The minimum absolute atomic E-state index is 0.0880. The molecule has 0 aromatic carbocycles. The summed E-state index contributed by atoms with van der Waals surface area (Å²) in [6.45, 7) is 0. The van der Waals surface area contributed by atoms with Gasteiger partial charge >= 0.3 is 0 Å². The van der Waals surface area contributed by atoms with Crippen molar-refractivity contribution >= 4 is 22.2 Å². The number of aldehydes is 1. The molecule has 1 heterocycles. The Hall–Kier alpha value is -1.04. The van der Waals surface area contributed by atoms with E-state index < -0.39 is 17.9 Å². The summed E-state index contributed by atoms with van der Waals surface area (Å²) >= 11 is 3.05. The van der Waals surface area contributed by atoms with Crippen molar-refractivity contribution < 1.29 is 18.7 Å². The van der Waals surface area contributed by atoms with Gasteiger partial charge in [-0.15, -0.1) is 0 Å². The second-order valence-electron chi connectivity index (χ2n) is 2.49. The van der Waals surface area contributed by atoms with Gasteiger partial charge in [0.1, 0.15) is 17.1 Å². The van der Waals surface area contributed by atoms with E-state index in [1.807, 2.05) is 0 Å². The molecule has 0 radical (unpaired) electrons. The van der Waals surface area contributed by atoms with Gasteiger partial charge in [0.15, 0.2) is 6.29 Å². The molecule has 1 N–H and O–H groups in total. The third kappa shape index (κ3) is 2.06. The molecule has 3 nitrogen and oxygen atoms in total. The highest BCUT2D eigenvalue weighted by Crippen LogP contribution is 2.28. The van der Waals surface area contributed by atoms with Gasteiger partial charge in [-0.1, -0.05) is 15.9 Å². The van der Waals surface area contributed by atoms with Crippen molar-refractivity contribution in [3.63, 3.8) is 0 Å². The largest absolute Gasteiger partial charge is 0.506 e. The lowest BCUT2D eigenvalue weighted by Gasteiger charge is -2.06. The van der Waals surface area contributed by atoms with E-state index in [4.69, 9.17) is 5.11 Å². The highest BCUT2D eigenvalue weighted by atomic mass is 79.9. The third-order valence-electron chi connectivity index (χ3n) is 1.61. The van der Waals surface area contributed by atoms with E-state index in [0.717, 1.165) is 6.07 Å². The van der Waals surface area contributed by atoms with Crippen LogP contribution in [0.2, 0.25) is 0 Å². The molecule has 0 saturated heterocycles. The maximum atomic E-state index is 12.2. The maximum absolute atomic E-state index is 12.2. The molecule has 0 aliphatic rings. The zero-order valence-corrected chi connectivity index (χ0v) is 8.46. The normalized spacial score (nSPS) is 10.6. The molecule has 0 amide bonds. The Morgan fingerprint density at radius 2 is 2.29 bits per heavy atom. The first kappa shape index (κ1) is 11.0. The van der Waals surface area contributed by atoms with Gasteiger partial charge in [-0.05, 0) is 11.6 Å². The first-order valence-corrected chi connectivity index (χ1v) is 4.74. The molecule has 0 aliphatic carbocycles. The van der Waals surface area contributed by atoms with Gasteiger partial charge in [-0.2, -0.15) is 0 Å². The van der Waals surface area contributed by atoms with Gasteiger partial charge in [0.25, 0.3) is 6.43 Å². The van der Waals surface area contributed by atoms with E-state index in [0.29, 0.717) is 11.8 Å². The van der Waals surface area contributed by atoms with E-state index in [1.165, 1.54) is 0 Å². The van der Waals surface area contributed by atoms with Gasteiger partial charge in [0.2, 0.25) is 0 Å². The Kier molecular flexibility index (Phi) is 3.51. The third-order valence-corrected chi connectivity index (χ3v) is 2.21. The van der Waals surface area contributed by atoms with Crippen LogP contribution >= 0.6 is 15.9 Å². The van der Waals surface area contributed by atoms with Crippen molar-refractivity contribution in [2.45, 2.75) is 11.8 Å². The number of carbonyl (C=O) groups is 1. The van der Waals surface area contributed by atoms with Crippen LogP contribution in [-0.4, -0.2) is 16.4 Å². The lowest BCUT2D eigenvalue weighted by Crippen LogP contribution is -2.00. The second kappa shape index (κ2) is 4.45. The minimum atomic E-state index is -2.89. The summed E-state index contributed by atoms with van der Waals surface area (Å²) in [5.41, 5.74) is -0.478. The Morgan fingerprint density at radius 3 is 2.71 bits per heavy atom. The molecule has 1 aromatic rings. The molecule has 76 valence electrons. The monoisotopic (exact) mass is 265 g/mol. The summed E-state index contributed by atoms with van der Waals surface area (Å²) in [6, 6.07) is 1.10. The average Bonchev–Trinajstić information content (AvgIpc) is 2.16. The van der Waals surface area contributed by atoms with Crippen LogP contribution in [0.1, 0.15) is 28.2 Å². The quantitative estimate of drug-likeness (QED) is 0.675. The number of aromatic hydroxyl groups is 1. The number of halogens is 3. The van der Waals surface area contributed by atoms with Crippen molar-refractivity contribution in [3.05, 3.63) is 23.0 Å². The van der Waals surface area contributed by atoms with E-state index >= 15 is 0 Å². The Morgan fingerprint density at radius 1 is 1.64 bits per heavy atom. The number of rotatable bonds is 3. The van der Waals surface area contributed by atoms with Gasteiger partial charge in [-0.3, -0.25) is 4.79 Å². The Bertz CT molecular complexity index is 357. The first-order valence-electron chi connectivity index (χ1n) is 3.62. The predicted molar refractivity (Wildman–Crippen MR) is 48.9 cm³/mol. The summed E-state index contributed by atoms with van der Waals surface area (Å²) in [4.78, 5) is 13.8. The first-order chi connectivity index (χ1) is 6.60. The summed E-state index contributed by atoms with van der Waals surface area (Å²) in [7, 11) is 0. The van der Waals surface area contributed by atoms with Gasteiger partial charge in [-0.25, -0.2) is 13.8 Å². The number of nitrogens with zero attached hydrogens (tertiary/aromatic N) is 1. The Balaban J connectivity index is 3.30. The number of hydrogen-bond acceptors (Lipinski definition) is 3. The molecule has 14 heavy (non-hydrogen) atoms. The van der Waals surface area contributed by atoms with E-state index in [1.54, 1.807) is 0 Å². The number of pyridine rings is 1. The van der Waals surface area contributed by atoms with Crippen molar-refractivity contribution in [3.8, 4) is 5.75 Å². The van der Waals surface area contributed by atoms with Crippen LogP contribution in [-0.2, 0) is 5.33 Å². The van der Waals surface area contributed by atoms with Crippen LogP contribution in [0.5, 0.6) is 5.75 Å². The zero-order valence-electron chi connectivity index (χ0n) is 6.88. The maximum Gasteiger partial charge on any atom is 0.284 e. The number of hydrogen-bond donors (Lipinski definition) is 1. The standard InChI is InChI=1S/C8H6BrF2NO2/c9-2-4-1-6(14)7(8(10)11)12-5(4)3-13/h1,3,8,14H,2H2. The summed E-state index contributed by atoms with van der Waals surface area (Å²) in [5.74, 6) is -0.597. The van der Waals surface area contributed by atoms with Crippen molar-refractivity contribution in [2.75, 3.05) is 0 Å². The van der Waals surface area contributed by atoms with Crippen LogP contribution in [0, 0.1) is 0 Å². The van der Waals surface area contributed by atoms with Gasteiger partial charge in [0, 0.05) is 5.33 Å². The average molecular weight is 266 g/mol. The number of aromatic nitrogens is 1. The lowest BCUT2D eigenvalue weighted by atomic mass is 10.2. The SMILES string of the molecule is O=Cc1nc(C(F)F)c(O)cc1CBr. The highest BCUT2D eigenvalue weighted by molar-refractivity contribution is 9.08. The predicted octanol–water partition coefficient (Wildman–Crippen LogP) is 2.43. The van der Waals surface area contributed by atoms with Crippen LogP contribution in [0.3, 0.4) is 0 Å². The molecule has 1 aromatic heterocycles. The van der Waals surface area contributed by atoms with Gasteiger partial charge < -0.3 is 5.11 Å². The highest BCUT2D eigenvalue weighted by Gasteiger charge is 2.17. The smallest absolute Gasteiger partial charge is 0.284 e. The molecule has 0 bridgehead atoms. The molecule has 1 rings (SSSR count). The van der Waals surface area contributed by atoms with E-state index in [9.17, 15) is 13.6 Å². The lowest BCUT2D eigenvalue weighted by molar-refractivity contribution is 0.111. The molecule has 0 spiro atoms. The summed E-state index contributed by atoms with van der Waals surface area (Å²) in [5, 5.41) is 9.40. The fourth-order valence-corrected chi connectivity index (χ4v) is 1.39. The van der Waals surface area contributed by atoms with Crippen molar-refractivity contribution in [2.24, 2.45) is 0 Å². The zero-order chi connectivity index (χ0) is 10.7. The van der Waals surface area contributed by atoms with Crippen LogP contribution in [0.25, 0.3) is 0 Å². The van der Waals surface area contributed by atoms with Crippen molar-refractivity contribution in [1.82, 2.24) is 4.98 Å². The molecule has 0 atom stereocenters. The van der Waals surface area contributed by atoms with Crippen LogP contribution < -0.4 is 0 Å². The summed E-state index contributed by atoms with van der Waals surface area (Å²) < 4.78 is 24.5. The summed E-state index contributed by atoms with van der Waals surface area (Å²) in [6.07, 6.45) is -2.51. The fraction of sp³-hybridized carbons (Fsp3) is 0.250. The molecule has 6 heteroatoms. The fourth-order valence-electron chi connectivity index (χ4n) is 0.941. The van der Waals surface area contributed by atoms with E-state index in [2.05, 4.69) is 20.9 Å². The molecule has 0 aliphatic heterocycles. The molecular formula is C8H6BrF2NO2. The Labute approximate surface area is 86.9 Å². The van der Waals surface area contributed by atoms with Crippen molar-refractivity contribution in [1.29, 1.82) is 0 Å². The second-order valence-corrected chi connectivity index (χ2v) is 3.05. The molecular weight excluding hydrogens is 260 g/mol. The number of carbonyl (C=O) groups excluding carboxylic acids is 1. The molecule has 0 unspecified atom stereocenters. The van der Waals surface area contributed by atoms with Crippen LogP contribution in [0.4, 0.5) is 8.78 Å². The number of alkyl halides is 3. The minimum Gasteiger partial charge on any atom is -0.506 e. The molecule has 0 saturated carbocycles. The van der Waals surface area contributed by atoms with E-state index in [-0.39, 0.29) is 11.0 Å². The molecule has 0 fully saturated rings.